The maximum atomic E-state index is 10.3. The van der Waals surface area contributed by atoms with Gasteiger partial charge in [0.15, 0.2) is 0 Å². The summed E-state index contributed by atoms with van der Waals surface area (Å²) in [7, 11) is 0. The van der Waals surface area contributed by atoms with E-state index in [2.05, 4.69) is 6.92 Å². The Morgan fingerprint density at radius 2 is 0.864 bits per heavy atom. The Bertz CT molecular complexity index is 211. The molecule has 0 unspecified atom stereocenters. The van der Waals surface area contributed by atoms with Crippen LogP contribution in [-0.2, 0) is 4.79 Å². The summed E-state index contributed by atoms with van der Waals surface area (Å²) in [6, 6.07) is 0. The van der Waals surface area contributed by atoms with E-state index in [1.54, 1.807) is 0 Å². The molecule has 0 saturated carbocycles. The second-order valence-corrected chi connectivity index (χ2v) is 6.09. The molecule has 22 heavy (non-hydrogen) atoms. The van der Waals surface area contributed by atoms with Gasteiger partial charge in [-0.2, -0.15) is 0 Å². The largest absolute Gasteiger partial charge is 0.481 e. The number of carbonyl (C=O) groups is 1. The molecule has 0 saturated heterocycles. The van der Waals surface area contributed by atoms with Crippen molar-refractivity contribution in [2.24, 2.45) is 0 Å². The van der Waals surface area contributed by atoms with E-state index in [1.807, 2.05) is 0 Å². The van der Waals surface area contributed by atoms with Gasteiger partial charge in [0, 0.05) is 6.42 Å². The highest BCUT2D eigenvalue weighted by molar-refractivity contribution is 5.85. The molecule has 0 spiro atoms. The lowest BCUT2D eigenvalue weighted by atomic mass is 10.0. The second-order valence-electron chi connectivity index (χ2n) is 6.09. The average molecular weight is 357 g/mol. The maximum absolute atomic E-state index is 10.3. The van der Waals surface area contributed by atoms with Crippen LogP contribution < -0.4 is 0 Å². The topological polar surface area (TPSA) is 37.3 Å². The second kappa shape index (κ2) is 23.3. The van der Waals surface area contributed by atoms with Crippen LogP contribution in [0.5, 0.6) is 0 Å². The van der Waals surface area contributed by atoms with Crippen molar-refractivity contribution >= 4 is 30.8 Å². The van der Waals surface area contributed by atoms with Gasteiger partial charge in [0.2, 0.25) is 0 Å². The summed E-state index contributed by atoms with van der Waals surface area (Å²) in [6.07, 6.45) is 20.2. The quantitative estimate of drug-likeness (QED) is 0.297. The highest BCUT2D eigenvalue weighted by atomic mass is 35.5. The lowest BCUT2D eigenvalue weighted by Gasteiger charge is -2.03. The Labute approximate surface area is 150 Å². The fourth-order valence-electron chi connectivity index (χ4n) is 2.65. The van der Waals surface area contributed by atoms with Crippen LogP contribution in [0, 0.1) is 0 Å². The lowest BCUT2D eigenvalue weighted by Crippen LogP contribution is -1.93. The number of hydrogen-bond acceptors (Lipinski definition) is 1. The number of unbranched alkanes of at least 4 members (excludes halogenated alkanes) is 14. The molecule has 0 aromatic carbocycles. The van der Waals surface area contributed by atoms with E-state index in [1.165, 1.54) is 83.5 Å². The van der Waals surface area contributed by atoms with Crippen LogP contribution in [0.25, 0.3) is 0 Å². The van der Waals surface area contributed by atoms with Gasteiger partial charge in [0.05, 0.1) is 0 Å². The third-order valence-electron chi connectivity index (χ3n) is 3.99. The monoisotopic (exact) mass is 356 g/mol. The molecule has 136 valence electrons. The van der Waals surface area contributed by atoms with E-state index in [0.29, 0.717) is 6.42 Å². The van der Waals surface area contributed by atoms with E-state index in [9.17, 15) is 4.79 Å². The molecule has 1 N–H and O–H groups in total. The molecule has 0 aliphatic rings. The molecule has 0 atom stereocenters. The van der Waals surface area contributed by atoms with Gasteiger partial charge in [0.1, 0.15) is 0 Å². The van der Waals surface area contributed by atoms with Gasteiger partial charge in [-0.05, 0) is 6.42 Å². The zero-order valence-electron chi connectivity index (χ0n) is 14.5. The third kappa shape index (κ3) is 25.0. The molecule has 0 aliphatic heterocycles. The fourth-order valence-corrected chi connectivity index (χ4v) is 2.65. The van der Waals surface area contributed by atoms with E-state index < -0.39 is 5.97 Å². The van der Waals surface area contributed by atoms with Crippen molar-refractivity contribution in [2.75, 3.05) is 0 Å². The summed E-state index contributed by atoms with van der Waals surface area (Å²) in [5.41, 5.74) is 0. The van der Waals surface area contributed by atoms with E-state index in [4.69, 9.17) is 5.11 Å². The van der Waals surface area contributed by atoms with E-state index in [0.717, 1.165) is 12.8 Å². The first kappa shape index (κ1) is 26.9. The van der Waals surface area contributed by atoms with Gasteiger partial charge in [-0.1, -0.05) is 96.8 Å². The predicted octanol–water partition coefficient (Wildman–Crippen LogP) is 7.18. The molecule has 0 amide bonds. The third-order valence-corrected chi connectivity index (χ3v) is 3.99. The maximum Gasteiger partial charge on any atom is 0.303 e. The zero-order chi connectivity index (χ0) is 14.9. The summed E-state index contributed by atoms with van der Waals surface area (Å²) < 4.78 is 0. The molecule has 0 rings (SSSR count). The number of carboxylic acids is 1. The number of rotatable bonds is 16. The van der Waals surface area contributed by atoms with Crippen LogP contribution in [0.4, 0.5) is 0 Å². The summed E-state index contributed by atoms with van der Waals surface area (Å²) >= 11 is 0. The summed E-state index contributed by atoms with van der Waals surface area (Å²) in [5, 5.41) is 8.52. The summed E-state index contributed by atoms with van der Waals surface area (Å²) in [6.45, 7) is 2.27. The first-order valence-corrected chi connectivity index (χ1v) is 8.99. The smallest absolute Gasteiger partial charge is 0.303 e. The SMILES string of the molecule is CCCCCCCCCCCCCCCCCC(=O)O.Cl.Cl. The van der Waals surface area contributed by atoms with Crippen molar-refractivity contribution in [3.8, 4) is 0 Å². The minimum Gasteiger partial charge on any atom is -0.481 e. The van der Waals surface area contributed by atoms with Crippen LogP contribution in [0.1, 0.15) is 110 Å². The van der Waals surface area contributed by atoms with Crippen molar-refractivity contribution in [1.29, 1.82) is 0 Å². The van der Waals surface area contributed by atoms with Gasteiger partial charge >= 0.3 is 5.97 Å². The standard InChI is InChI=1S/C18H36O2.2ClH/c1-2-3-4-5-6-7-8-9-10-11-12-13-14-15-16-17-18(19)20;;/h2-17H2,1H3,(H,19,20);2*1H. The van der Waals surface area contributed by atoms with Gasteiger partial charge in [-0.3, -0.25) is 4.79 Å². The normalized spacial score (nSPS) is 9.86. The Kier molecular flexibility index (Phi) is 28.5. The summed E-state index contributed by atoms with van der Waals surface area (Å²) in [5.74, 6) is -0.653. The van der Waals surface area contributed by atoms with Gasteiger partial charge in [-0.15, -0.1) is 24.8 Å². The molecule has 0 aromatic heterocycles. The molecule has 0 aromatic rings. The molecule has 0 bridgehead atoms. The molecular formula is C18H38Cl2O2. The predicted molar refractivity (Wildman–Crippen MR) is 102 cm³/mol. The van der Waals surface area contributed by atoms with Crippen LogP contribution >= 0.6 is 24.8 Å². The Morgan fingerprint density at radius 1 is 0.591 bits per heavy atom. The Hall–Kier alpha value is 0.0500. The highest BCUT2D eigenvalue weighted by Crippen LogP contribution is 2.13. The first-order chi connectivity index (χ1) is 9.77. The van der Waals surface area contributed by atoms with Gasteiger partial charge in [0.25, 0.3) is 0 Å². The average Bonchev–Trinajstić information content (AvgIpc) is 2.43. The Balaban J connectivity index is -0.00000180. The number of halogens is 2. The molecule has 0 fully saturated rings. The van der Waals surface area contributed by atoms with Crippen molar-refractivity contribution < 1.29 is 9.90 Å². The molecule has 0 heterocycles. The van der Waals surface area contributed by atoms with Crippen molar-refractivity contribution in [2.45, 2.75) is 110 Å². The minimum atomic E-state index is -0.653. The van der Waals surface area contributed by atoms with Crippen LogP contribution in [-0.4, -0.2) is 11.1 Å². The van der Waals surface area contributed by atoms with Gasteiger partial charge < -0.3 is 5.11 Å². The highest BCUT2D eigenvalue weighted by Gasteiger charge is 1.97. The van der Waals surface area contributed by atoms with Crippen LogP contribution in [0.3, 0.4) is 0 Å². The molecule has 0 radical (unpaired) electrons. The van der Waals surface area contributed by atoms with E-state index >= 15 is 0 Å². The Morgan fingerprint density at radius 3 is 1.14 bits per heavy atom. The number of hydrogen-bond donors (Lipinski definition) is 1. The van der Waals surface area contributed by atoms with E-state index in [-0.39, 0.29) is 24.8 Å². The molecule has 2 nitrogen and oxygen atoms in total. The van der Waals surface area contributed by atoms with Crippen molar-refractivity contribution in [1.82, 2.24) is 0 Å². The number of aliphatic carboxylic acids is 1. The zero-order valence-corrected chi connectivity index (χ0v) is 16.1. The van der Waals surface area contributed by atoms with Gasteiger partial charge in [-0.25, -0.2) is 0 Å². The minimum absolute atomic E-state index is 0. The van der Waals surface area contributed by atoms with Crippen molar-refractivity contribution in [3.05, 3.63) is 0 Å². The fraction of sp³-hybridized carbons (Fsp3) is 0.944. The van der Waals surface area contributed by atoms with Crippen LogP contribution in [0.2, 0.25) is 0 Å². The van der Waals surface area contributed by atoms with Crippen LogP contribution in [0.15, 0.2) is 0 Å². The summed E-state index contributed by atoms with van der Waals surface area (Å²) in [4.78, 5) is 10.3. The lowest BCUT2D eigenvalue weighted by molar-refractivity contribution is -0.137. The molecule has 4 heteroatoms. The molecule has 0 aliphatic carbocycles. The molecular weight excluding hydrogens is 319 g/mol. The first-order valence-electron chi connectivity index (χ1n) is 8.99. The van der Waals surface area contributed by atoms with Crippen molar-refractivity contribution in [3.63, 3.8) is 0 Å². The number of carboxylic acid groups (broad SMARTS) is 1.